The van der Waals surface area contributed by atoms with Crippen LogP contribution in [0.1, 0.15) is 42.1 Å². The van der Waals surface area contributed by atoms with Gasteiger partial charge in [0, 0.05) is 36.4 Å². The Labute approximate surface area is 171 Å². The average Bonchev–Trinajstić information content (AvgIpc) is 2.70. The van der Waals surface area contributed by atoms with E-state index in [0.29, 0.717) is 42.9 Å². The van der Waals surface area contributed by atoms with Crippen LogP contribution in [0.3, 0.4) is 0 Å². The summed E-state index contributed by atoms with van der Waals surface area (Å²) < 4.78 is 0. The monoisotopic (exact) mass is 393 g/mol. The number of piperidine rings is 1. The molecule has 0 unspecified atom stereocenters. The van der Waals surface area contributed by atoms with E-state index in [0.717, 1.165) is 12.0 Å². The van der Waals surface area contributed by atoms with Gasteiger partial charge in [-0.2, -0.15) is 0 Å². The van der Waals surface area contributed by atoms with E-state index >= 15 is 0 Å². The van der Waals surface area contributed by atoms with Gasteiger partial charge >= 0.3 is 0 Å². The van der Waals surface area contributed by atoms with Gasteiger partial charge in [-0.25, -0.2) is 0 Å². The van der Waals surface area contributed by atoms with Crippen molar-refractivity contribution < 1.29 is 14.4 Å². The van der Waals surface area contributed by atoms with Crippen molar-refractivity contribution in [3.05, 3.63) is 59.7 Å². The third-order valence-electron chi connectivity index (χ3n) is 5.03. The Hall–Kier alpha value is -3.15. The second-order valence-electron chi connectivity index (χ2n) is 7.47. The molecule has 1 aliphatic heterocycles. The van der Waals surface area contributed by atoms with Crippen LogP contribution in [0.4, 0.5) is 11.4 Å². The van der Waals surface area contributed by atoms with Crippen LogP contribution in [-0.4, -0.2) is 35.7 Å². The summed E-state index contributed by atoms with van der Waals surface area (Å²) in [4.78, 5) is 38.8. The minimum absolute atomic E-state index is 0.0965. The van der Waals surface area contributed by atoms with Gasteiger partial charge in [-0.05, 0) is 50.1 Å². The van der Waals surface area contributed by atoms with Gasteiger partial charge in [-0.3, -0.25) is 14.4 Å². The molecular weight excluding hydrogens is 366 g/mol. The first-order chi connectivity index (χ1) is 14.0. The number of carbonyl (C=O) groups is 3. The lowest BCUT2D eigenvalue weighted by Crippen LogP contribution is -2.44. The smallest absolute Gasteiger partial charge is 0.255 e. The molecule has 0 spiro atoms. The fourth-order valence-corrected chi connectivity index (χ4v) is 3.52. The summed E-state index contributed by atoms with van der Waals surface area (Å²) >= 11 is 0. The van der Waals surface area contributed by atoms with Gasteiger partial charge in [-0.15, -0.1) is 0 Å². The highest BCUT2D eigenvalue weighted by Gasteiger charge is 2.29. The van der Waals surface area contributed by atoms with Gasteiger partial charge in [0.2, 0.25) is 11.8 Å². The number of hydrogen-bond acceptors (Lipinski definition) is 3. The molecule has 6 heteroatoms. The van der Waals surface area contributed by atoms with E-state index in [1.165, 1.54) is 0 Å². The molecule has 152 valence electrons. The van der Waals surface area contributed by atoms with E-state index in [9.17, 15) is 14.4 Å². The van der Waals surface area contributed by atoms with Crippen molar-refractivity contribution in [2.75, 3.05) is 23.7 Å². The first kappa shape index (κ1) is 20.6. The molecule has 1 atom stereocenters. The Kier molecular flexibility index (Phi) is 6.65. The number of anilines is 2. The molecule has 1 aliphatic rings. The van der Waals surface area contributed by atoms with Gasteiger partial charge in [0.05, 0.1) is 5.92 Å². The standard InChI is InChI=1S/C23H27N3O3/c1-3-12-26-15-18(10-11-21(26)27)23(29)25-20-9-5-8-19(14-20)24-22(28)17-7-4-6-16(2)13-17/h4-9,13-14,18H,3,10-12,15H2,1-2H3,(H,24,28)(H,25,29)/t18-/m1/s1. The number of carbonyl (C=O) groups excluding carboxylic acids is 3. The molecule has 0 aliphatic carbocycles. The minimum Gasteiger partial charge on any atom is -0.342 e. The van der Waals surface area contributed by atoms with Gasteiger partial charge in [0.25, 0.3) is 5.91 Å². The van der Waals surface area contributed by atoms with Crippen molar-refractivity contribution in [3.63, 3.8) is 0 Å². The molecule has 3 amide bonds. The maximum Gasteiger partial charge on any atom is 0.255 e. The predicted octanol–water partition coefficient (Wildman–Crippen LogP) is 3.83. The van der Waals surface area contributed by atoms with Crippen LogP contribution in [-0.2, 0) is 9.59 Å². The molecule has 2 aromatic carbocycles. The average molecular weight is 393 g/mol. The quantitative estimate of drug-likeness (QED) is 0.783. The molecule has 0 saturated carbocycles. The summed E-state index contributed by atoms with van der Waals surface area (Å²) in [5, 5.41) is 5.79. The topological polar surface area (TPSA) is 78.5 Å². The molecule has 2 N–H and O–H groups in total. The number of amides is 3. The zero-order chi connectivity index (χ0) is 20.8. The lowest BCUT2D eigenvalue weighted by atomic mass is 9.96. The number of rotatable bonds is 6. The third kappa shape index (κ3) is 5.44. The third-order valence-corrected chi connectivity index (χ3v) is 5.03. The van der Waals surface area contributed by atoms with Gasteiger partial charge in [0.15, 0.2) is 0 Å². The first-order valence-corrected chi connectivity index (χ1v) is 10.0. The van der Waals surface area contributed by atoms with Crippen LogP contribution >= 0.6 is 0 Å². The maximum atomic E-state index is 12.7. The van der Waals surface area contributed by atoms with Crippen molar-refractivity contribution in [2.45, 2.75) is 33.1 Å². The largest absolute Gasteiger partial charge is 0.342 e. The molecule has 0 bridgehead atoms. The second-order valence-corrected chi connectivity index (χ2v) is 7.47. The molecule has 1 heterocycles. The molecule has 0 radical (unpaired) electrons. The Morgan fingerprint density at radius 3 is 2.52 bits per heavy atom. The Morgan fingerprint density at radius 2 is 1.79 bits per heavy atom. The SMILES string of the molecule is CCCN1C[C@H](C(=O)Nc2cccc(NC(=O)c3cccc(C)c3)c2)CCC1=O. The number of likely N-dealkylation sites (tertiary alicyclic amines) is 1. The molecular formula is C23H27N3O3. The zero-order valence-electron chi connectivity index (χ0n) is 16.9. The molecule has 1 fully saturated rings. The predicted molar refractivity (Wildman–Crippen MR) is 114 cm³/mol. The van der Waals surface area contributed by atoms with Crippen molar-refractivity contribution >= 4 is 29.1 Å². The highest BCUT2D eigenvalue weighted by atomic mass is 16.2. The maximum absolute atomic E-state index is 12.7. The van der Waals surface area contributed by atoms with E-state index in [1.807, 2.05) is 32.0 Å². The van der Waals surface area contributed by atoms with Crippen molar-refractivity contribution in [3.8, 4) is 0 Å². The van der Waals surface area contributed by atoms with Crippen LogP contribution in [0.25, 0.3) is 0 Å². The van der Waals surface area contributed by atoms with Crippen LogP contribution in [0.5, 0.6) is 0 Å². The summed E-state index contributed by atoms with van der Waals surface area (Å²) in [5.41, 5.74) is 2.83. The highest BCUT2D eigenvalue weighted by molar-refractivity contribution is 6.04. The summed E-state index contributed by atoms with van der Waals surface area (Å²) in [7, 11) is 0. The molecule has 29 heavy (non-hydrogen) atoms. The summed E-state index contributed by atoms with van der Waals surface area (Å²) in [6, 6.07) is 14.5. The zero-order valence-corrected chi connectivity index (χ0v) is 16.9. The Balaban J connectivity index is 1.63. The number of benzene rings is 2. The number of hydrogen-bond donors (Lipinski definition) is 2. The van der Waals surface area contributed by atoms with E-state index < -0.39 is 0 Å². The summed E-state index contributed by atoms with van der Waals surface area (Å²) in [6.45, 7) is 5.10. The Morgan fingerprint density at radius 1 is 1.07 bits per heavy atom. The first-order valence-electron chi connectivity index (χ1n) is 10.0. The number of nitrogens with zero attached hydrogens (tertiary/aromatic N) is 1. The van der Waals surface area contributed by atoms with Crippen molar-refractivity contribution in [1.29, 1.82) is 0 Å². The van der Waals surface area contributed by atoms with E-state index in [4.69, 9.17) is 0 Å². The molecule has 1 saturated heterocycles. The molecule has 3 rings (SSSR count). The van der Waals surface area contributed by atoms with E-state index in [-0.39, 0.29) is 23.6 Å². The van der Waals surface area contributed by atoms with Crippen LogP contribution < -0.4 is 10.6 Å². The second kappa shape index (κ2) is 9.37. The lowest BCUT2D eigenvalue weighted by Gasteiger charge is -2.31. The normalized spacial score (nSPS) is 16.4. The van der Waals surface area contributed by atoms with Gasteiger partial charge in [-0.1, -0.05) is 30.7 Å². The minimum atomic E-state index is -0.218. The molecule has 0 aromatic heterocycles. The molecule has 2 aromatic rings. The summed E-state index contributed by atoms with van der Waals surface area (Å²) in [5.74, 6) is -0.388. The number of aryl methyl sites for hydroxylation is 1. The highest BCUT2D eigenvalue weighted by Crippen LogP contribution is 2.22. The fourth-order valence-electron chi connectivity index (χ4n) is 3.52. The molecule has 6 nitrogen and oxygen atoms in total. The van der Waals surface area contributed by atoms with Crippen LogP contribution in [0, 0.1) is 12.8 Å². The van der Waals surface area contributed by atoms with Crippen LogP contribution in [0.15, 0.2) is 48.5 Å². The van der Waals surface area contributed by atoms with Crippen molar-refractivity contribution in [2.24, 2.45) is 5.92 Å². The lowest BCUT2D eigenvalue weighted by molar-refractivity contribution is -0.137. The van der Waals surface area contributed by atoms with E-state index in [1.54, 1.807) is 35.2 Å². The van der Waals surface area contributed by atoms with Gasteiger partial charge < -0.3 is 15.5 Å². The number of nitrogens with one attached hydrogen (secondary N) is 2. The van der Waals surface area contributed by atoms with Gasteiger partial charge in [0.1, 0.15) is 0 Å². The van der Waals surface area contributed by atoms with Crippen LogP contribution in [0.2, 0.25) is 0 Å². The fraction of sp³-hybridized carbons (Fsp3) is 0.348. The van der Waals surface area contributed by atoms with E-state index in [2.05, 4.69) is 10.6 Å². The summed E-state index contributed by atoms with van der Waals surface area (Å²) in [6.07, 6.45) is 1.85. The Bertz CT molecular complexity index is 910. The van der Waals surface area contributed by atoms with Crippen molar-refractivity contribution in [1.82, 2.24) is 4.90 Å².